The van der Waals surface area contributed by atoms with E-state index in [1.807, 2.05) is 6.07 Å². The number of nitriles is 1. The van der Waals surface area contributed by atoms with E-state index in [0.29, 0.717) is 22.8 Å². The third kappa shape index (κ3) is 3.94. The molecule has 4 heterocycles. The van der Waals surface area contributed by atoms with Gasteiger partial charge in [0.05, 0.1) is 23.2 Å². The van der Waals surface area contributed by atoms with E-state index in [4.69, 9.17) is 4.98 Å². The SMILES string of the molecule is CC(C)(C#N)c1nc(-n2c3nc(Nc4ccc5c(c4)CNCC5(C)C)ncc3c(=O)n2C2CC2)ccc1F. The second kappa shape index (κ2) is 8.46. The maximum absolute atomic E-state index is 14.7. The van der Waals surface area contributed by atoms with Crippen molar-refractivity contribution in [3.8, 4) is 11.9 Å². The zero-order valence-corrected chi connectivity index (χ0v) is 21.8. The summed E-state index contributed by atoms with van der Waals surface area (Å²) >= 11 is 0. The van der Waals surface area contributed by atoms with E-state index in [-0.39, 0.29) is 22.7 Å². The third-order valence-electron chi connectivity index (χ3n) is 7.41. The van der Waals surface area contributed by atoms with Crippen molar-refractivity contribution in [2.75, 3.05) is 11.9 Å². The first-order chi connectivity index (χ1) is 18.1. The second-order valence-electron chi connectivity index (χ2n) is 11.3. The quantitative estimate of drug-likeness (QED) is 0.408. The number of anilines is 2. The molecule has 1 fully saturated rings. The molecular formula is C28H29FN8O. The van der Waals surface area contributed by atoms with Crippen LogP contribution in [-0.2, 0) is 17.4 Å². The maximum Gasteiger partial charge on any atom is 0.278 e. The molecular weight excluding hydrogens is 483 g/mol. The number of aromatic nitrogens is 5. The standard InChI is InChI=1S/C28H29FN8O/c1-27(2,14-30)23-21(29)9-10-22(34-23)37-24-19(25(38)36(37)18-6-7-18)13-32-26(35-24)33-17-5-8-20-16(11-17)12-31-15-28(20,3)4/h5,8-11,13,18,31H,6-7,12,15H2,1-4H3,(H,32,33,35). The van der Waals surface area contributed by atoms with Crippen LogP contribution in [0.25, 0.3) is 16.9 Å². The molecule has 0 bridgehead atoms. The van der Waals surface area contributed by atoms with Gasteiger partial charge in [-0.05, 0) is 62.1 Å². The summed E-state index contributed by atoms with van der Waals surface area (Å²) in [6.45, 7) is 9.38. The van der Waals surface area contributed by atoms with Gasteiger partial charge in [0.15, 0.2) is 11.5 Å². The summed E-state index contributed by atoms with van der Waals surface area (Å²) in [6.07, 6.45) is 3.23. The van der Waals surface area contributed by atoms with Gasteiger partial charge in [-0.25, -0.2) is 23.7 Å². The van der Waals surface area contributed by atoms with E-state index in [9.17, 15) is 14.4 Å². The molecule has 3 aromatic heterocycles. The number of halogens is 1. The van der Waals surface area contributed by atoms with Gasteiger partial charge < -0.3 is 10.6 Å². The first-order valence-corrected chi connectivity index (χ1v) is 12.8. The van der Waals surface area contributed by atoms with E-state index in [1.54, 1.807) is 23.2 Å². The molecule has 0 radical (unpaired) electrons. The highest BCUT2D eigenvalue weighted by Crippen LogP contribution is 2.36. The van der Waals surface area contributed by atoms with Gasteiger partial charge in [0.25, 0.3) is 5.56 Å². The van der Waals surface area contributed by atoms with Crippen molar-refractivity contribution in [3.05, 3.63) is 69.5 Å². The first kappa shape index (κ1) is 24.2. The lowest BCUT2D eigenvalue weighted by Crippen LogP contribution is -2.38. The Hall–Kier alpha value is -4.10. The zero-order chi connectivity index (χ0) is 26.8. The Bertz CT molecular complexity index is 1690. The fourth-order valence-electron chi connectivity index (χ4n) is 5.18. The fourth-order valence-corrected chi connectivity index (χ4v) is 5.18. The smallest absolute Gasteiger partial charge is 0.278 e. The Morgan fingerprint density at radius 3 is 2.74 bits per heavy atom. The lowest BCUT2D eigenvalue weighted by atomic mass is 9.79. The molecule has 2 aliphatic rings. The molecule has 0 spiro atoms. The molecule has 0 amide bonds. The van der Waals surface area contributed by atoms with Crippen molar-refractivity contribution < 1.29 is 4.39 Å². The highest BCUT2D eigenvalue weighted by atomic mass is 19.1. The topological polar surface area (TPSA) is 113 Å². The number of hydrogen-bond donors (Lipinski definition) is 2. The van der Waals surface area contributed by atoms with Gasteiger partial charge in [0.2, 0.25) is 5.95 Å². The first-order valence-electron chi connectivity index (χ1n) is 12.8. The highest BCUT2D eigenvalue weighted by molar-refractivity contribution is 5.77. The van der Waals surface area contributed by atoms with Crippen LogP contribution < -0.4 is 16.2 Å². The van der Waals surface area contributed by atoms with Gasteiger partial charge in [0.1, 0.15) is 11.2 Å². The second-order valence-corrected chi connectivity index (χ2v) is 11.3. The Labute approximate surface area is 219 Å². The monoisotopic (exact) mass is 512 g/mol. The van der Waals surface area contributed by atoms with Crippen LogP contribution in [0.15, 0.2) is 41.3 Å². The lowest BCUT2D eigenvalue weighted by Gasteiger charge is -2.33. The largest absolute Gasteiger partial charge is 0.324 e. The average Bonchev–Trinajstić information content (AvgIpc) is 3.68. The van der Waals surface area contributed by atoms with E-state index in [2.05, 4.69) is 52.7 Å². The molecule has 4 aromatic rings. The van der Waals surface area contributed by atoms with Crippen LogP contribution in [-0.4, -0.2) is 30.9 Å². The number of nitrogens with zero attached hydrogens (tertiary/aromatic N) is 6. The van der Waals surface area contributed by atoms with Crippen LogP contribution >= 0.6 is 0 Å². The van der Waals surface area contributed by atoms with Crippen molar-refractivity contribution in [2.45, 2.75) is 64.0 Å². The van der Waals surface area contributed by atoms with Crippen molar-refractivity contribution in [3.63, 3.8) is 0 Å². The third-order valence-corrected chi connectivity index (χ3v) is 7.41. The normalized spacial score (nSPS) is 16.7. The van der Waals surface area contributed by atoms with Gasteiger partial charge in [-0.3, -0.25) is 4.79 Å². The molecule has 2 N–H and O–H groups in total. The zero-order valence-electron chi connectivity index (χ0n) is 21.8. The van der Waals surface area contributed by atoms with Crippen molar-refractivity contribution in [2.24, 2.45) is 0 Å². The number of nitrogens with one attached hydrogen (secondary N) is 2. The maximum atomic E-state index is 14.7. The molecule has 38 heavy (non-hydrogen) atoms. The van der Waals surface area contributed by atoms with E-state index < -0.39 is 11.2 Å². The van der Waals surface area contributed by atoms with Crippen LogP contribution in [0, 0.1) is 17.1 Å². The minimum atomic E-state index is -1.15. The van der Waals surface area contributed by atoms with Crippen molar-refractivity contribution in [1.82, 2.24) is 29.6 Å². The van der Waals surface area contributed by atoms with Crippen LogP contribution in [0.2, 0.25) is 0 Å². The molecule has 0 atom stereocenters. The molecule has 0 unspecified atom stereocenters. The van der Waals surface area contributed by atoms with Crippen LogP contribution in [0.3, 0.4) is 0 Å². The van der Waals surface area contributed by atoms with Gasteiger partial charge >= 0.3 is 0 Å². The molecule has 1 aliphatic heterocycles. The van der Waals surface area contributed by atoms with E-state index in [1.165, 1.54) is 29.5 Å². The Kier molecular flexibility index (Phi) is 5.40. The number of pyridine rings is 1. The average molecular weight is 513 g/mol. The molecule has 1 aliphatic carbocycles. The summed E-state index contributed by atoms with van der Waals surface area (Å²) in [5.41, 5.74) is 2.45. The van der Waals surface area contributed by atoms with Crippen molar-refractivity contribution in [1.29, 1.82) is 5.26 Å². The summed E-state index contributed by atoms with van der Waals surface area (Å²) < 4.78 is 18.0. The minimum Gasteiger partial charge on any atom is -0.324 e. The van der Waals surface area contributed by atoms with Crippen LogP contribution in [0.1, 0.15) is 63.4 Å². The van der Waals surface area contributed by atoms with Gasteiger partial charge in [-0.1, -0.05) is 19.9 Å². The summed E-state index contributed by atoms with van der Waals surface area (Å²) in [6, 6.07) is 11.2. The molecule has 10 heteroatoms. The minimum absolute atomic E-state index is 0.00360. The molecule has 194 valence electrons. The van der Waals surface area contributed by atoms with Gasteiger partial charge in [-0.2, -0.15) is 10.2 Å². The van der Waals surface area contributed by atoms with Gasteiger partial charge in [0, 0.05) is 30.4 Å². The fraction of sp³-hybridized carbons (Fsp3) is 0.393. The molecule has 6 rings (SSSR count). The molecule has 9 nitrogen and oxygen atoms in total. The predicted molar refractivity (Wildman–Crippen MR) is 142 cm³/mol. The summed E-state index contributed by atoms with van der Waals surface area (Å²) in [5.74, 6) is 0.0940. The number of hydrogen-bond acceptors (Lipinski definition) is 7. The van der Waals surface area contributed by atoms with Crippen LogP contribution in [0.4, 0.5) is 16.0 Å². The Morgan fingerprint density at radius 2 is 2.00 bits per heavy atom. The predicted octanol–water partition coefficient (Wildman–Crippen LogP) is 4.38. The summed E-state index contributed by atoms with van der Waals surface area (Å²) in [7, 11) is 0. The summed E-state index contributed by atoms with van der Waals surface area (Å²) in [4.78, 5) is 27.0. The summed E-state index contributed by atoms with van der Waals surface area (Å²) in [5, 5.41) is 16.7. The molecule has 1 saturated carbocycles. The van der Waals surface area contributed by atoms with Crippen LogP contribution in [0.5, 0.6) is 0 Å². The van der Waals surface area contributed by atoms with Gasteiger partial charge in [-0.15, -0.1) is 0 Å². The lowest BCUT2D eigenvalue weighted by molar-refractivity contribution is 0.435. The van der Waals surface area contributed by atoms with E-state index >= 15 is 0 Å². The molecule has 1 aromatic carbocycles. The van der Waals surface area contributed by atoms with E-state index in [0.717, 1.165) is 31.6 Å². The number of fused-ring (bicyclic) bond motifs is 2. The van der Waals surface area contributed by atoms with Crippen molar-refractivity contribution >= 4 is 22.7 Å². The Morgan fingerprint density at radius 1 is 1.21 bits per heavy atom. The molecule has 0 saturated heterocycles. The number of rotatable bonds is 5. The number of benzene rings is 1. The highest BCUT2D eigenvalue weighted by Gasteiger charge is 2.33. The Balaban J connectivity index is 1.46.